The number of aliphatic hydroxyl groups excluding tert-OH is 1. The van der Waals surface area contributed by atoms with Gasteiger partial charge in [0, 0.05) is 19.0 Å². The van der Waals surface area contributed by atoms with Gasteiger partial charge in [-0.1, -0.05) is 13.3 Å². The fourth-order valence-electron chi connectivity index (χ4n) is 1.19. The van der Waals surface area contributed by atoms with Crippen molar-refractivity contribution in [2.45, 2.75) is 32.2 Å². The molecule has 0 aliphatic carbocycles. The van der Waals surface area contributed by atoms with Gasteiger partial charge in [0.15, 0.2) is 0 Å². The third-order valence-corrected chi connectivity index (χ3v) is 2.03. The van der Waals surface area contributed by atoms with Crippen molar-refractivity contribution < 1.29 is 5.11 Å². The Hall–Kier alpha value is -0.590. The minimum Gasteiger partial charge on any atom is -0.395 e. The van der Waals surface area contributed by atoms with E-state index in [2.05, 4.69) is 13.0 Å². The topological polar surface area (TPSA) is 47.3 Å². The van der Waals surface area contributed by atoms with Crippen molar-refractivity contribution >= 4 is 0 Å². The van der Waals surface area contributed by atoms with E-state index in [9.17, 15) is 0 Å². The van der Waals surface area contributed by atoms with E-state index < -0.39 is 0 Å². The molecule has 0 aromatic carbocycles. The molecule has 1 N–H and O–H groups in total. The van der Waals surface area contributed by atoms with Gasteiger partial charge in [-0.05, 0) is 13.5 Å². The zero-order chi connectivity index (χ0) is 9.40. The lowest BCUT2D eigenvalue weighted by Gasteiger charge is -2.24. The van der Waals surface area contributed by atoms with Gasteiger partial charge >= 0.3 is 0 Å². The zero-order valence-electron chi connectivity index (χ0n) is 7.95. The molecule has 1 atom stereocenters. The lowest BCUT2D eigenvalue weighted by Crippen LogP contribution is -2.35. The molecule has 70 valence electrons. The molecule has 0 bridgehead atoms. The Morgan fingerprint density at radius 1 is 1.58 bits per heavy atom. The van der Waals surface area contributed by atoms with Crippen molar-refractivity contribution in [1.29, 1.82) is 5.26 Å². The van der Waals surface area contributed by atoms with Gasteiger partial charge in [-0.25, -0.2) is 0 Å². The largest absolute Gasteiger partial charge is 0.395 e. The van der Waals surface area contributed by atoms with Gasteiger partial charge in [0.05, 0.1) is 12.7 Å². The van der Waals surface area contributed by atoms with Gasteiger partial charge in [-0.3, -0.25) is 0 Å². The number of likely N-dealkylation sites (N-methyl/N-ethyl adjacent to an activating group) is 1. The van der Waals surface area contributed by atoms with Gasteiger partial charge in [-0.15, -0.1) is 0 Å². The quantitative estimate of drug-likeness (QED) is 0.646. The predicted molar refractivity (Wildman–Crippen MR) is 48.6 cm³/mol. The van der Waals surface area contributed by atoms with E-state index in [-0.39, 0.29) is 12.6 Å². The van der Waals surface area contributed by atoms with E-state index in [4.69, 9.17) is 10.4 Å². The van der Waals surface area contributed by atoms with Crippen molar-refractivity contribution in [1.82, 2.24) is 4.90 Å². The Kier molecular flexibility index (Phi) is 6.73. The summed E-state index contributed by atoms with van der Waals surface area (Å²) >= 11 is 0. The first kappa shape index (κ1) is 11.4. The molecule has 0 rings (SSSR count). The van der Waals surface area contributed by atoms with Crippen LogP contribution in [0.25, 0.3) is 0 Å². The third-order valence-electron chi connectivity index (χ3n) is 2.03. The molecule has 0 fully saturated rings. The summed E-state index contributed by atoms with van der Waals surface area (Å²) in [5.74, 6) is 0. The number of hydrogen-bond donors (Lipinski definition) is 1. The summed E-state index contributed by atoms with van der Waals surface area (Å²) < 4.78 is 0. The smallest absolute Gasteiger partial charge is 0.0635 e. The van der Waals surface area contributed by atoms with Crippen molar-refractivity contribution in [3.05, 3.63) is 0 Å². The van der Waals surface area contributed by atoms with Crippen LogP contribution in [0.1, 0.15) is 26.2 Å². The molecule has 0 aliphatic rings. The minimum atomic E-state index is 0.190. The van der Waals surface area contributed by atoms with Crippen LogP contribution in [0.4, 0.5) is 0 Å². The van der Waals surface area contributed by atoms with Gasteiger partial charge in [0.2, 0.25) is 0 Å². The molecule has 0 aromatic heterocycles. The molecule has 0 spiro atoms. The van der Waals surface area contributed by atoms with Crippen LogP contribution in [-0.4, -0.2) is 36.2 Å². The fourth-order valence-corrected chi connectivity index (χ4v) is 1.19. The van der Waals surface area contributed by atoms with Crippen LogP contribution >= 0.6 is 0 Å². The second kappa shape index (κ2) is 7.08. The number of hydrogen-bond acceptors (Lipinski definition) is 3. The first-order chi connectivity index (χ1) is 5.76. The van der Waals surface area contributed by atoms with E-state index in [0.29, 0.717) is 6.42 Å². The Labute approximate surface area is 74.6 Å². The van der Waals surface area contributed by atoms with Crippen molar-refractivity contribution in [2.24, 2.45) is 0 Å². The highest BCUT2D eigenvalue weighted by atomic mass is 16.3. The first-order valence-electron chi connectivity index (χ1n) is 4.44. The van der Waals surface area contributed by atoms with E-state index in [0.717, 1.165) is 19.4 Å². The maximum Gasteiger partial charge on any atom is 0.0635 e. The maximum absolute atomic E-state index is 9.00. The van der Waals surface area contributed by atoms with Crippen LogP contribution < -0.4 is 0 Å². The molecule has 3 heteroatoms. The minimum absolute atomic E-state index is 0.190. The molecule has 12 heavy (non-hydrogen) atoms. The Balaban J connectivity index is 3.69. The van der Waals surface area contributed by atoms with Crippen LogP contribution in [0, 0.1) is 11.3 Å². The van der Waals surface area contributed by atoms with E-state index in [1.165, 1.54) is 0 Å². The first-order valence-corrected chi connectivity index (χ1v) is 4.44. The predicted octanol–water partition coefficient (Wildman–Crippen LogP) is 0.993. The molecule has 3 nitrogen and oxygen atoms in total. The van der Waals surface area contributed by atoms with Crippen LogP contribution in [-0.2, 0) is 0 Å². The number of nitrogens with zero attached hydrogens (tertiary/aromatic N) is 2. The summed E-state index contributed by atoms with van der Waals surface area (Å²) in [5, 5.41) is 17.4. The SMILES string of the molecule is CCCC(CO)N(C)CCC#N. The number of rotatable bonds is 6. The van der Waals surface area contributed by atoms with Gasteiger partial charge < -0.3 is 10.0 Å². The second-order valence-electron chi connectivity index (χ2n) is 3.01. The monoisotopic (exact) mass is 170 g/mol. The summed E-state index contributed by atoms with van der Waals surface area (Å²) in [4.78, 5) is 2.05. The van der Waals surface area contributed by atoms with Crippen molar-refractivity contribution in [3.8, 4) is 6.07 Å². The average Bonchev–Trinajstić information content (AvgIpc) is 2.10. The van der Waals surface area contributed by atoms with Crippen LogP contribution in [0.2, 0.25) is 0 Å². The van der Waals surface area contributed by atoms with Crippen LogP contribution in [0.5, 0.6) is 0 Å². The fraction of sp³-hybridized carbons (Fsp3) is 0.889. The number of aliphatic hydroxyl groups is 1. The van der Waals surface area contributed by atoms with E-state index in [1.54, 1.807) is 0 Å². The highest BCUT2D eigenvalue weighted by molar-refractivity contribution is 4.74. The maximum atomic E-state index is 9.00. The van der Waals surface area contributed by atoms with Gasteiger partial charge in [0.25, 0.3) is 0 Å². The molecule has 0 radical (unpaired) electrons. The molecule has 0 amide bonds. The van der Waals surface area contributed by atoms with Crippen LogP contribution in [0.3, 0.4) is 0 Å². The molecule has 0 aliphatic heterocycles. The molecular formula is C9H18N2O. The standard InChI is InChI=1S/C9H18N2O/c1-3-5-9(8-12)11(2)7-4-6-10/h9,12H,3-5,7-8H2,1-2H3. The molecular weight excluding hydrogens is 152 g/mol. The summed E-state index contributed by atoms with van der Waals surface area (Å²) in [6.45, 7) is 3.04. The Morgan fingerprint density at radius 3 is 2.67 bits per heavy atom. The third kappa shape index (κ3) is 4.32. The highest BCUT2D eigenvalue weighted by Gasteiger charge is 2.11. The van der Waals surface area contributed by atoms with Crippen LogP contribution in [0.15, 0.2) is 0 Å². The zero-order valence-corrected chi connectivity index (χ0v) is 7.95. The lowest BCUT2D eigenvalue weighted by atomic mass is 10.1. The Morgan fingerprint density at radius 2 is 2.25 bits per heavy atom. The summed E-state index contributed by atoms with van der Waals surface area (Å²) in [5.41, 5.74) is 0. The molecule has 0 saturated carbocycles. The molecule has 0 heterocycles. The van der Waals surface area contributed by atoms with Gasteiger partial charge in [0.1, 0.15) is 0 Å². The molecule has 0 saturated heterocycles. The molecule has 0 aromatic rings. The lowest BCUT2D eigenvalue weighted by molar-refractivity contribution is 0.141. The van der Waals surface area contributed by atoms with Crippen molar-refractivity contribution in [3.63, 3.8) is 0 Å². The molecule has 1 unspecified atom stereocenters. The average molecular weight is 170 g/mol. The number of nitriles is 1. The van der Waals surface area contributed by atoms with E-state index >= 15 is 0 Å². The Bertz CT molecular complexity index is 142. The normalized spacial score (nSPS) is 12.9. The summed E-state index contributed by atoms with van der Waals surface area (Å²) in [7, 11) is 1.95. The summed E-state index contributed by atoms with van der Waals surface area (Å²) in [6, 6.07) is 2.32. The second-order valence-corrected chi connectivity index (χ2v) is 3.01. The van der Waals surface area contributed by atoms with Gasteiger partial charge in [-0.2, -0.15) is 5.26 Å². The summed E-state index contributed by atoms with van der Waals surface area (Å²) in [6.07, 6.45) is 2.61. The van der Waals surface area contributed by atoms with E-state index in [1.807, 2.05) is 11.9 Å². The highest BCUT2D eigenvalue weighted by Crippen LogP contribution is 2.04. The van der Waals surface area contributed by atoms with Crippen molar-refractivity contribution in [2.75, 3.05) is 20.2 Å².